The van der Waals surface area contributed by atoms with E-state index >= 15 is 0 Å². The molecule has 0 rings (SSSR count). The van der Waals surface area contributed by atoms with Crippen LogP contribution in [-0.4, -0.2) is 57.5 Å². The third-order valence-corrected chi connectivity index (χ3v) is 3.37. The first-order chi connectivity index (χ1) is 8.28. The maximum absolute atomic E-state index is 11.4. The molecule has 0 spiro atoms. The fourth-order valence-electron chi connectivity index (χ4n) is 0.995. The summed E-state index contributed by atoms with van der Waals surface area (Å²) in [5, 5.41) is 10.7. The molecular weight excluding hydrogens is 264 g/mol. The minimum atomic E-state index is -3.54. The molecule has 0 aromatic heterocycles. The SMILES string of the molecule is COCCCS(=O)(=O)NCC(=O)NC(C)C(=O)O. The van der Waals surface area contributed by atoms with Crippen molar-refractivity contribution < 1.29 is 27.9 Å². The molecular formula is C9H18N2O6S. The number of carbonyl (C=O) groups is 2. The van der Waals surface area contributed by atoms with Crippen molar-refractivity contribution in [2.24, 2.45) is 0 Å². The van der Waals surface area contributed by atoms with E-state index in [9.17, 15) is 18.0 Å². The second-order valence-electron chi connectivity index (χ2n) is 3.61. The molecule has 0 aliphatic rings. The molecule has 9 heteroatoms. The number of carbonyl (C=O) groups excluding carboxylic acids is 1. The third-order valence-electron chi connectivity index (χ3n) is 1.96. The lowest BCUT2D eigenvalue weighted by molar-refractivity contribution is -0.141. The van der Waals surface area contributed by atoms with E-state index in [4.69, 9.17) is 9.84 Å². The molecule has 0 aliphatic carbocycles. The predicted octanol–water partition coefficient (Wildman–Crippen LogP) is -1.47. The van der Waals surface area contributed by atoms with Crippen molar-refractivity contribution in [3.05, 3.63) is 0 Å². The van der Waals surface area contributed by atoms with Gasteiger partial charge in [-0.2, -0.15) is 0 Å². The Morgan fingerprint density at radius 3 is 2.50 bits per heavy atom. The molecule has 0 aliphatic heterocycles. The Morgan fingerprint density at radius 2 is 2.00 bits per heavy atom. The molecule has 106 valence electrons. The molecule has 0 radical (unpaired) electrons. The Kier molecular flexibility index (Phi) is 7.48. The number of hydrogen-bond donors (Lipinski definition) is 3. The van der Waals surface area contributed by atoms with Crippen LogP contribution in [-0.2, 0) is 24.3 Å². The van der Waals surface area contributed by atoms with Crippen LogP contribution in [0.1, 0.15) is 13.3 Å². The Morgan fingerprint density at radius 1 is 1.39 bits per heavy atom. The Hall–Kier alpha value is -1.19. The Labute approximate surface area is 106 Å². The molecule has 8 nitrogen and oxygen atoms in total. The minimum absolute atomic E-state index is 0.150. The van der Waals surface area contributed by atoms with Gasteiger partial charge < -0.3 is 15.2 Å². The number of aliphatic carboxylic acids is 1. The molecule has 0 bridgehead atoms. The molecule has 0 aromatic rings. The molecule has 3 N–H and O–H groups in total. The van der Waals surface area contributed by atoms with Crippen LogP contribution in [0.15, 0.2) is 0 Å². The first-order valence-electron chi connectivity index (χ1n) is 5.27. The monoisotopic (exact) mass is 282 g/mol. The van der Waals surface area contributed by atoms with Gasteiger partial charge in [0.15, 0.2) is 0 Å². The highest BCUT2D eigenvalue weighted by molar-refractivity contribution is 7.89. The predicted molar refractivity (Wildman–Crippen MR) is 63.5 cm³/mol. The number of ether oxygens (including phenoxy) is 1. The van der Waals surface area contributed by atoms with E-state index in [1.807, 2.05) is 0 Å². The normalized spacial score (nSPS) is 13.0. The van der Waals surface area contributed by atoms with Crippen LogP contribution in [0.2, 0.25) is 0 Å². The van der Waals surface area contributed by atoms with E-state index in [1.54, 1.807) is 0 Å². The van der Waals surface area contributed by atoms with E-state index in [0.717, 1.165) is 0 Å². The highest BCUT2D eigenvalue weighted by Crippen LogP contribution is 1.90. The number of amides is 1. The van der Waals surface area contributed by atoms with E-state index < -0.39 is 34.5 Å². The van der Waals surface area contributed by atoms with Gasteiger partial charge in [-0.3, -0.25) is 9.59 Å². The molecule has 0 saturated heterocycles. The number of nitrogens with one attached hydrogen (secondary N) is 2. The summed E-state index contributed by atoms with van der Waals surface area (Å²) in [7, 11) is -2.08. The quantitative estimate of drug-likeness (QED) is 0.444. The van der Waals surface area contributed by atoms with Gasteiger partial charge in [0.25, 0.3) is 0 Å². The van der Waals surface area contributed by atoms with E-state index in [2.05, 4.69) is 10.0 Å². The van der Waals surface area contributed by atoms with Crippen LogP contribution in [0.5, 0.6) is 0 Å². The first kappa shape index (κ1) is 16.8. The van der Waals surface area contributed by atoms with Gasteiger partial charge in [0.05, 0.1) is 12.3 Å². The van der Waals surface area contributed by atoms with Crippen molar-refractivity contribution in [1.82, 2.24) is 10.0 Å². The fraction of sp³-hybridized carbons (Fsp3) is 0.778. The molecule has 0 heterocycles. The van der Waals surface area contributed by atoms with Crippen LogP contribution in [0, 0.1) is 0 Å². The number of carboxylic acids is 1. The van der Waals surface area contributed by atoms with Crippen molar-refractivity contribution in [2.75, 3.05) is 26.0 Å². The number of hydrogen-bond acceptors (Lipinski definition) is 5. The van der Waals surface area contributed by atoms with Crippen LogP contribution in [0.4, 0.5) is 0 Å². The topological polar surface area (TPSA) is 122 Å². The summed E-state index contributed by atoms with van der Waals surface area (Å²) >= 11 is 0. The smallest absolute Gasteiger partial charge is 0.325 e. The highest BCUT2D eigenvalue weighted by atomic mass is 32.2. The lowest BCUT2D eigenvalue weighted by Gasteiger charge is -2.10. The maximum atomic E-state index is 11.4. The molecule has 18 heavy (non-hydrogen) atoms. The molecule has 1 atom stereocenters. The van der Waals surface area contributed by atoms with Crippen LogP contribution in [0.25, 0.3) is 0 Å². The van der Waals surface area contributed by atoms with Crippen molar-refractivity contribution in [3.8, 4) is 0 Å². The van der Waals surface area contributed by atoms with Gasteiger partial charge in [0.1, 0.15) is 6.04 Å². The van der Waals surface area contributed by atoms with Gasteiger partial charge in [-0.15, -0.1) is 0 Å². The van der Waals surface area contributed by atoms with E-state index in [1.165, 1.54) is 14.0 Å². The highest BCUT2D eigenvalue weighted by Gasteiger charge is 2.16. The summed E-state index contributed by atoms with van der Waals surface area (Å²) in [6, 6.07) is -1.06. The van der Waals surface area contributed by atoms with Crippen molar-refractivity contribution >= 4 is 21.9 Å². The zero-order valence-corrected chi connectivity index (χ0v) is 11.1. The van der Waals surface area contributed by atoms with E-state index in [0.29, 0.717) is 13.0 Å². The van der Waals surface area contributed by atoms with Crippen molar-refractivity contribution in [3.63, 3.8) is 0 Å². The summed E-state index contributed by atoms with van der Waals surface area (Å²) in [5.41, 5.74) is 0. The average molecular weight is 282 g/mol. The summed E-state index contributed by atoms with van der Waals surface area (Å²) in [6.45, 7) is 1.11. The summed E-state index contributed by atoms with van der Waals surface area (Å²) in [6.07, 6.45) is 0.318. The Bertz CT molecular complexity index is 381. The second-order valence-corrected chi connectivity index (χ2v) is 5.54. The fourth-order valence-corrected chi connectivity index (χ4v) is 1.99. The largest absolute Gasteiger partial charge is 0.480 e. The second kappa shape index (κ2) is 8.01. The standard InChI is InChI=1S/C9H18N2O6S/c1-7(9(13)14)11-8(12)6-10-18(15,16)5-3-4-17-2/h7,10H,3-6H2,1-2H3,(H,11,12)(H,13,14). The van der Waals surface area contributed by atoms with Gasteiger partial charge in [-0.1, -0.05) is 0 Å². The van der Waals surface area contributed by atoms with Crippen molar-refractivity contribution in [1.29, 1.82) is 0 Å². The molecule has 1 amide bonds. The molecule has 0 saturated carbocycles. The first-order valence-corrected chi connectivity index (χ1v) is 6.92. The summed E-state index contributed by atoms with van der Waals surface area (Å²) in [5.74, 6) is -2.03. The summed E-state index contributed by atoms with van der Waals surface area (Å²) in [4.78, 5) is 21.7. The third kappa shape index (κ3) is 7.98. The van der Waals surface area contributed by atoms with Gasteiger partial charge >= 0.3 is 5.97 Å². The van der Waals surface area contributed by atoms with Gasteiger partial charge in [-0.05, 0) is 13.3 Å². The molecule has 0 aromatic carbocycles. The molecule has 1 unspecified atom stereocenters. The Balaban J connectivity index is 4.00. The number of methoxy groups -OCH3 is 1. The lowest BCUT2D eigenvalue weighted by Crippen LogP contribution is -2.44. The average Bonchev–Trinajstić information content (AvgIpc) is 2.26. The minimum Gasteiger partial charge on any atom is -0.480 e. The number of sulfonamides is 1. The van der Waals surface area contributed by atoms with Gasteiger partial charge in [0.2, 0.25) is 15.9 Å². The molecule has 0 fully saturated rings. The van der Waals surface area contributed by atoms with Gasteiger partial charge in [-0.25, -0.2) is 13.1 Å². The lowest BCUT2D eigenvalue weighted by atomic mass is 10.3. The number of carboxylic acid groups (broad SMARTS) is 1. The number of rotatable bonds is 9. The van der Waals surface area contributed by atoms with Crippen molar-refractivity contribution in [2.45, 2.75) is 19.4 Å². The van der Waals surface area contributed by atoms with Crippen LogP contribution >= 0.6 is 0 Å². The summed E-state index contributed by atoms with van der Waals surface area (Å²) < 4.78 is 29.5. The maximum Gasteiger partial charge on any atom is 0.325 e. The van der Waals surface area contributed by atoms with Crippen LogP contribution < -0.4 is 10.0 Å². The van der Waals surface area contributed by atoms with E-state index in [-0.39, 0.29) is 5.75 Å². The van der Waals surface area contributed by atoms with Crippen LogP contribution in [0.3, 0.4) is 0 Å². The zero-order valence-electron chi connectivity index (χ0n) is 10.3. The van der Waals surface area contributed by atoms with Gasteiger partial charge in [0, 0.05) is 13.7 Å². The zero-order chi connectivity index (χ0) is 14.2.